The van der Waals surface area contributed by atoms with E-state index in [1.54, 1.807) is 0 Å². The number of halogens is 4. The van der Waals surface area contributed by atoms with E-state index in [2.05, 4.69) is 5.32 Å². The summed E-state index contributed by atoms with van der Waals surface area (Å²) in [4.78, 5) is 0. The highest BCUT2D eigenvalue weighted by molar-refractivity contribution is 5.32. The maximum Gasteiger partial charge on any atom is 0.416 e. The molecule has 0 saturated heterocycles. The van der Waals surface area contributed by atoms with Crippen LogP contribution in [0.3, 0.4) is 0 Å². The molecule has 1 fully saturated rings. The van der Waals surface area contributed by atoms with E-state index < -0.39 is 23.6 Å². The van der Waals surface area contributed by atoms with Crippen molar-refractivity contribution < 1.29 is 17.6 Å². The first-order chi connectivity index (χ1) is 9.40. The Morgan fingerprint density at radius 2 is 1.85 bits per heavy atom. The molecule has 1 aliphatic rings. The van der Waals surface area contributed by atoms with Gasteiger partial charge in [-0.15, -0.1) is 0 Å². The van der Waals surface area contributed by atoms with Crippen LogP contribution in [0.25, 0.3) is 0 Å². The molecule has 1 saturated carbocycles. The van der Waals surface area contributed by atoms with Gasteiger partial charge in [-0.25, -0.2) is 4.39 Å². The Morgan fingerprint density at radius 3 is 2.40 bits per heavy atom. The molecule has 0 aromatic heterocycles. The van der Waals surface area contributed by atoms with Gasteiger partial charge in [0.2, 0.25) is 0 Å². The van der Waals surface area contributed by atoms with Gasteiger partial charge in [0.1, 0.15) is 11.9 Å². The van der Waals surface area contributed by atoms with E-state index >= 15 is 0 Å². The van der Waals surface area contributed by atoms with Crippen molar-refractivity contribution in [2.45, 2.75) is 43.9 Å². The van der Waals surface area contributed by atoms with E-state index in [9.17, 15) is 17.6 Å². The predicted octanol–water partition coefficient (Wildman–Crippen LogP) is 3.94. The van der Waals surface area contributed by atoms with E-state index in [-0.39, 0.29) is 11.6 Å². The minimum atomic E-state index is -4.62. The van der Waals surface area contributed by atoms with Crippen LogP contribution in [0, 0.1) is 17.1 Å². The molecule has 1 unspecified atom stereocenters. The van der Waals surface area contributed by atoms with Gasteiger partial charge in [-0.05, 0) is 36.6 Å². The van der Waals surface area contributed by atoms with Gasteiger partial charge in [0.05, 0.1) is 11.6 Å². The summed E-state index contributed by atoms with van der Waals surface area (Å²) >= 11 is 0. The standard InChI is InChI=1S/C14H14F4N2/c15-11-6-9(5-10(7-11)14(16,17)18)13(8-19)20-12-3-1-2-4-12/h5-7,12-13,20H,1-4H2. The normalized spacial score (nSPS) is 17.9. The van der Waals surface area contributed by atoms with Crippen LogP contribution < -0.4 is 5.32 Å². The maximum atomic E-state index is 13.3. The van der Waals surface area contributed by atoms with Crippen molar-refractivity contribution in [1.82, 2.24) is 5.32 Å². The lowest BCUT2D eigenvalue weighted by Gasteiger charge is -2.18. The van der Waals surface area contributed by atoms with Crippen molar-refractivity contribution in [1.29, 1.82) is 5.26 Å². The first kappa shape index (κ1) is 14.8. The molecule has 0 bridgehead atoms. The van der Waals surface area contributed by atoms with Gasteiger partial charge in [0, 0.05) is 6.04 Å². The minimum Gasteiger partial charge on any atom is -0.295 e. The Balaban J connectivity index is 2.25. The molecule has 1 aliphatic carbocycles. The van der Waals surface area contributed by atoms with E-state index in [4.69, 9.17) is 5.26 Å². The van der Waals surface area contributed by atoms with E-state index in [1.165, 1.54) is 0 Å². The van der Waals surface area contributed by atoms with Crippen LogP contribution in [-0.2, 0) is 6.18 Å². The number of benzene rings is 1. The van der Waals surface area contributed by atoms with Gasteiger partial charge in [0.25, 0.3) is 0 Å². The smallest absolute Gasteiger partial charge is 0.295 e. The summed E-state index contributed by atoms with van der Waals surface area (Å²) in [6.07, 6.45) is -0.775. The minimum absolute atomic E-state index is 0.0201. The molecule has 1 N–H and O–H groups in total. The second kappa shape index (κ2) is 5.80. The molecule has 1 atom stereocenters. The first-order valence-electron chi connectivity index (χ1n) is 6.43. The van der Waals surface area contributed by atoms with Crippen molar-refractivity contribution in [2.75, 3.05) is 0 Å². The third-order valence-corrected chi connectivity index (χ3v) is 3.47. The topological polar surface area (TPSA) is 35.8 Å². The Kier molecular flexibility index (Phi) is 4.29. The van der Waals surface area contributed by atoms with E-state index in [1.807, 2.05) is 6.07 Å². The van der Waals surface area contributed by atoms with Crippen LogP contribution >= 0.6 is 0 Å². The fourth-order valence-electron chi connectivity index (χ4n) is 2.48. The number of nitriles is 1. The lowest BCUT2D eigenvalue weighted by molar-refractivity contribution is -0.137. The van der Waals surface area contributed by atoms with E-state index in [0.29, 0.717) is 6.07 Å². The average molecular weight is 286 g/mol. The van der Waals surface area contributed by atoms with Gasteiger partial charge in [-0.1, -0.05) is 12.8 Å². The molecule has 0 spiro atoms. The summed E-state index contributed by atoms with van der Waals surface area (Å²) < 4.78 is 51.3. The molecule has 108 valence electrons. The molecule has 6 heteroatoms. The summed E-state index contributed by atoms with van der Waals surface area (Å²) in [6.45, 7) is 0. The number of hydrogen-bond acceptors (Lipinski definition) is 2. The summed E-state index contributed by atoms with van der Waals surface area (Å²) in [5, 5.41) is 12.1. The Morgan fingerprint density at radius 1 is 1.20 bits per heavy atom. The average Bonchev–Trinajstić information content (AvgIpc) is 2.87. The van der Waals surface area contributed by atoms with Crippen LogP contribution in [0.1, 0.15) is 42.9 Å². The molecule has 2 rings (SSSR count). The van der Waals surface area contributed by atoms with Crippen LogP contribution in [0.2, 0.25) is 0 Å². The molecule has 1 aromatic rings. The van der Waals surface area contributed by atoms with Crippen molar-refractivity contribution in [2.24, 2.45) is 0 Å². The molecule has 20 heavy (non-hydrogen) atoms. The molecule has 1 aromatic carbocycles. The van der Waals surface area contributed by atoms with Crippen LogP contribution in [0.4, 0.5) is 17.6 Å². The highest BCUT2D eigenvalue weighted by atomic mass is 19.4. The Bertz CT molecular complexity index is 513. The number of nitrogens with one attached hydrogen (secondary N) is 1. The zero-order valence-electron chi connectivity index (χ0n) is 10.7. The van der Waals surface area contributed by atoms with Crippen molar-refractivity contribution in [3.63, 3.8) is 0 Å². The second-order valence-electron chi connectivity index (χ2n) is 4.98. The summed E-state index contributed by atoms with van der Waals surface area (Å²) in [7, 11) is 0. The molecule has 2 nitrogen and oxygen atoms in total. The molecule has 0 heterocycles. The van der Waals surface area contributed by atoms with Crippen molar-refractivity contribution in [3.05, 3.63) is 35.1 Å². The Hall–Kier alpha value is -1.61. The molecule has 0 aliphatic heterocycles. The Labute approximate surface area is 114 Å². The van der Waals surface area contributed by atoms with Crippen molar-refractivity contribution >= 4 is 0 Å². The van der Waals surface area contributed by atoms with Crippen molar-refractivity contribution in [3.8, 4) is 6.07 Å². The quantitative estimate of drug-likeness (QED) is 0.854. The van der Waals surface area contributed by atoms with Crippen LogP contribution in [0.5, 0.6) is 0 Å². The highest BCUT2D eigenvalue weighted by Gasteiger charge is 2.32. The van der Waals surface area contributed by atoms with Gasteiger partial charge >= 0.3 is 6.18 Å². The maximum absolute atomic E-state index is 13.3. The number of rotatable bonds is 3. The fraction of sp³-hybridized carbons (Fsp3) is 0.500. The zero-order chi connectivity index (χ0) is 14.8. The van der Waals surface area contributed by atoms with Crippen LogP contribution in [-0.4, -0.2) is 6.04 Å². The SMILES string of the molecule is N#CC(NC1CCCC1)c1cc(F)cc(C(F)(F)F)c1. The fourth-order valence-corrected chi connectivity index (χ4v) is 2.48. The van der Waals surface area contributed by atoms with Crippen LogP contribution in [0.15, 0.2) is 18.2 Å². The van der Waals surface area contributed by atoms with Gasteiger partial charge < -0.3 is 0 Å². The van der Waals surface area contributed by atoms with Gasteiger partial charge in [0.15, 0.2) is 0 Å². The number of nitrogens with zero attached hydrogens (tertiary/aromatic N) is 1. The summed E-state index contributed by atoms with van der Waals surface area (Å²) in [5.41, 5.74) is -1.05. The summed E-state index contributed by atoms with van der Waals surface area (Å²) in [5.74, 6) is -0.983. The predicted molar refractivity (Wildman–Crippen MR) is 65.1 cm³/mol. The lowest BCUT2D eigenvalue weighted by Crippen LogP contribution is -2.30. The van der Waals surface area contributed by atoms with Gasteiger partial charge in [-0.3, -0.25) is 5.32 Å². The highest BCUT2D eigenvalue weighted by Crippen LogP contribution is 2.32. The monoisotopic (exact) mass is 286 g/mol. The third kappa shape index (κ3) is 3.48. The molecule has 0 amide bonds. The summed E-state index contributed by atoms with van der Waals surface area (Å²) in [6, 6.07) is 3.34. The largest absolute Gasteiger partial charge is 0.416 e. The zero-order valence-corrected chi connectivity index (χ0v) is 10.7. The van der Waals surface area contributed by atoms with Gasteiger partial charge in [-0.2, -0.15) is 18.4 Å². The molecular formula is C14H14F4N2. The second-order valence-corrected chi connectivity index (χ2v) is 4.98. The number of hydrogen-bond donors (Lipinski definition) is 1. The number of alkyl halides is 3. The molecular weight excluding hydrogens is 272 g/mol. The van der Waals surface area contributed by atoms with E-state index in [0.717, 1.165) is 37.8 Å². The molecule has 0 radical (unpaired) electrons. The third-order valence-electron chi connectivity index (χ3n) is 3.47. The lowest BCUT2D eigenvalue weighted by atomic mass is 10.0. The first-order valence-corrected chi connectivity index (χ1v) is 6.43.